The monoisotopic (exact) mass is 664 g/mol. The predicted octanol–water partition coefficient (Wildman–Crippen LogP) is 11.8. The molecule has 0 saturated heterocycles. The van der Waals surface area contributed by atoms with Crippen molar-refractivity contribution >= 4 is 65.7 Å². The van der Waals surface area contributed by atoms with Crippen LogP contribution in [-0.4, -0.2) is 19.5 Å². The molecule has 6 nitrogen and oxygen atoms in total. The average Bonchev–Trinajstić information content (AvgIpc) is 3.99. The molecule has 0 amide bonds. The van der Waals surface area contributed by atoms with Crippen LogP contribution >= 0.6 is 0 Å². The van der Waals surface area contributed by atoms with E-state index in [1.165, 1.54) is 4.57 Å². The number of para-hydroxylation sites is 4. The van der Waals surface area contributed by atoms with Crippen molar-refractivity contribution in [3.05, 3.63) is 157 Å². The minimum Gasteiger partial charge on any atom is -0.456 e. The zero-order valence-corrected chi connectivity index (χ0v) is 26.3. The maximum atomic E-state index is 9.40. The number of rotatable bonds is 4. The molecule has 0 aliphatic rings. The van der Waals surface area contributed by atoms with Gasteiger partial charge in [0.05, 0.1) is 30.4 Å². The Bertz CT molecular complexity index is 3730. The van der Waals surface area contributed by atoms with E-state index in [1.54, 1.807) is 24.3 Å². The molecule has 0 aliphatic carbocycles. The Hall–Kier alpha value is -7.05. The van der Waals surface area contributed by atoms with Gasteiger partial charge in [0.1, 0.15) is 16.7 Å². The van der Waals surface area contributed by atoms with E-state index in [0.29, 0.717) is 45.2 Å². The second-order valence-electron chi connectivity index (χ2n) is 12.0. The third kappa shape index (κ3) is 4.14. The Morgan fingerprint density at radius 3 is 2.08 bits per heavy atom. The van der Waals surface area contributed by atoms with Gasteiger partial charge in [-0.1, -0.05) is 115 Å². The van der Waals surface area contributed by atoms with Gasteiger partial charge in [0.15, 0.2) is 23.1 Å². The second kappa shape index (κ2) is 10.7. The number of benzene rings is 7. The van der Waals surface area contributed by atoms with Crippen LogP contribution in [0.4, 0.5) is 0 Å². The SMILES string of the molecule is [2H]c1c([2H])c([2H])c2c(oc3c2c([2H])c([2H])c2c4c([2H])c([2H])c([2H])c([2H])c4n(-c4ccccc4-c4nc(-c5ccccc5)nc(-c5cccc6oc7ccccc7c56)n4)c32)c1[2H]. The van der Waals surface area contributed by atoms with Crippen molar-refractivity contribution in [1.82, 2.24) is 19.5 Å². The number of aromatic nitrogens is 4. The first-order valence-corrected chi connectivity index (χ1v) is 16.1. The molecule has 0 aliphatic heterocycles. The van der Waals surface area contributed by atoms with E-state index in [-0.39, 0.29) is 49.6 Å². The summed E-state index contributed by atoms with van der Waals surface area (Å²) in [6, 6.07) is 24.9. The zero-order valence-electron chi connectivity index (χ0n) is 36.3. The predicted molar refractivity (Wildman–Crippen MR) is 205 cm³/mol. The topological polar surface area (TPSA) is 69.9 Å². The van der Waals surface area contributed by atoms with Crippen molar-refractivity contribution in [2.24, 2.45) is 0 Å². The maximum Gasteiger partial charge on any atom is 0.166 e. The van der Waals surface area contributed by atoms with Crippen LogP contribution in [0.2, 0.25) is 0 Å². The van der Waals surface area contributed by atoms with Gasteiger partial charge in [0.2, 0.25) is 0 Å². The van der Waals surface area contributed by atoms with Crippen LogP contribution in [0.5, 0.6) is 0 Å². The third-order valence-electron chi connectivity index (χ3n) is 9.16. The van der Waals surface area contributed by atoms with Gasteiger partial charge in [-0.15, -0.1) is 0 Å². The van der Waals surface area contributed by atoms with E-state index in [1.807, 2.05) is 72.8 Å². The van der Waals surface area contributed by atoms with Crippen LogP contribution in [0.3, 0.4) is 0 Å². The summed E-state index contributed by atoms with van der Waals surface area (Å²) in [6.07, 6.45) is 0. The summed E-state index contributed by atoms with van der Waals surface area (Å²) in [4.78, 5) is 15.1. The summed E-state index contributed by atoms with van der Waals surface area (Å²) in [7, 11) is 0. The van der Waals surface area contributed by atoms with Crippen LogP contribution in [0.25, 0.3) is 106 Å². The summed E-state index contributed by atoms with van der Waals surface area (Å²) in [5, 5.41) is 1.44. The molecule has 238 valence electrons. The molecule has 0 radical (unpaired) electrons. The van der Waals surface area contributed by atoms with Crippen LogP contribution in [-0.2, 0) is 0 Å². The number of hydrogen-bond acceptors (Lipinski definition) is 5. The van der Waals surface area contributed by atoms with Crippen molar-refractivity contribution in [2.45, 2.75) is 0 Å². The van der Waals surface area contributed by atoms with Gasteiger partial charge < -0.3 is 13.4 Å². The van der Waals surface area contributed by atoms with E-state index in [0.717, 1.165) is 10.8 Å². The smallest absolute Gasteiger partial charge is 0.166 e. The summed E-state index contributed by atoms with van der Waals surface area (Å²) < 4.78 is 103. The van der Waals surface area contributed by atoms with Crippen LogP contribution in [0, 0.1) is 0 Å². The third-order valence-corrected chi connectivity index (χ3v) is 9.16. The molecular weight excluding hydrogens is 629 g/mol. The van der Waals surface area contributed by atoms with E-state index in [2.05, 4.69) is 0 Å². The van der Waals surface area contributed by atoms with Gasteiger partial charge in [-0.3, -0.25) is 0 Å². The largest absolute Gasteiger partial charge is 0.456 e. The lowest BCUT2D eigenvalue weighted by Crippen LogP contribution is -2.03. The first-order valence-electron chi connectivity index (χ1n) is 21.1. The highest BCUT2D eigenvalue weighted by atomic mass is 16.3. The molecule has 0 fully saturated rings. The van der Waals surface area contributed by atoms with Crippen molar-refractivity contribution in [1.29, 1.82) is 0 Å². The lowest BCUT2D eigenvalue weighted by atomic mass is 10.1. The molecular formula is C45H26N4O2. The number of hydrogen-bond donors (Lipinski definition) is 0. The Kier molecular flexibility index (Phi) is 4.17. The molecule has 4 aromatic heterocycles. The van der Waals surface area contributed by atoms with Crippen molar-refractivity contribution in [2.75, 3.05) is 0 Å². The average molecular weight is 665 g/mol. The second-order valence-corrected chi connectivity index (χ2v) is 12.0. The van der Waals surface area contributed by atoms with Gasteiger partial charge in [-0.25, -0.2) is 15.0 Å². The molecule has 0 saturated carbocycles. The van der Waals surface area contributed by atoms with Gasteiger partial charge in [-0.05, 0) is 42.4 Å². The molecule has 11 rings (SSSR count). The molecule has 7 aromatic carbocycles. The highest BCUT2D eigenvalue weighted by molar-refractivity contribution is 6.21. The normalized spacial score (nSPS) is 14.7. The summed E-state index contributed by atoms with van der Waals surface area (Å²) in [5.41, 5.74) is 3.12. The summed E-state index contributed by atoms with van der Waals surface area (Å²) >= 11 is 0. The maximum absolute atomic E-state index is 9.40. The highest BCUT2D eigenvalue weighted by Gasteiger charge is 2.23. The molecule has 0 N–H and O–H groups in total. The fraction of sp³-hybridized carbons (Fsp3) is 0. The Balaban J connectivity index is 1.30. The van der Waals surface area contributed by atoms with E-state index in [4.69, 9.17) is 33.4 Å². The van der Waals surface area contributed by atoms with Crippen LogP contribution in [0.1, 0.15) is 13.7 Å². The minimum atomic E-state index is -0.546. The Morgan fingerprint density at radius 1 is 0.471 bits per heavy atom. The summed E-state index contributed by atoms with van der Waals surface area (Å²) in [6.45, 7) is 0. The van der Waals surface area contributed by atoms with E-state index >= 15 is 0 Å². The molecule has 0 spiro atoms. The lowest BCUT2D eigenvalue weighted by molar-refractivity contribution is 0.669. The van der Waals surface area contributed by atoms with E-state index in [9.17, 15) is 4.11 Å². The fourth-order valence-electron chi connectivity index (χ4n) is 6.96. The van der Waals surface area contributed by atoms with Crippen LogP contribution < -0.4 is 0 Å². The molecule has 4 heterocycles. The molecule has 51 heavy (non-hydrogen) atoms. The number of fused-ring (bicyclic) bond motifs is 10. The summed E-state index contributed by atoms with van der Waals surface area (Å²) in [5.74, 6) is 0.874. The Labute approximate surface area is 304 Å². The molecule has 11 aromatic rings. The number of nitrogens with zero attached hydrogens (tertiary/aromatic N) is 4. The first-order chi connectivity index (χ1) is 29.5. The molecule has 6 heteroatoms. The van der Waals surface area contributed by atoms with Crippen molar-refractivity contribution in [3.8, 4) is 39.9 Å². The standard InChI is InChI=1S/C45H26N4O2/c1-2-13-27(14-3-1)43-46-44(48-45(47-43)34-19-12-24-39-40(34)33-18-7-11-23-38(33)50-39)32-17-5-9-21-36(32)49-35-20-8-4-15-28(35)30-25-26-31-29-16-6-10-22-37(29)51-42(31)41(30)49/h1-26H/i4D,6D,8D,10D,15D,16D,20D,22D,25D,26D. The first kappa shape index (κ1) is 19.8. The van der Waals surface area contributed by atoms with E-state index < -0.39 is 60.4 Å². The van der Waals surface area contributed by atoms with Gasteiger partial charge >= 0.3 is 0 Å². The quantitative estimate of drug-likeness (QED) is 0.187. The lowest BCUT2D eigenvalue weighted by Gasteiger charge is -2.15. The van der Waals surface area contributed by atoms with Gasteiger partial charge in [-0.2, -0.15) is 0 Å². The minimum absolute atomic E-state index is 0.0246. The van der Waals surface area contributed by atoms with Crippen LogP contribution in [0.15, 0.2) is 166 Å². The molecule has 0 atom stereocenters. The van der Waals surface area contributed by atoms with Gasteiger partial charge in [0.25, 0.3) is 0 Å². The van der Waals surface area contributed by atoms with Crippen molar-refractivity contribution in [3.63, 3.8) is 0 Å². The molecule has 0 unspecified atom stereocenters. The van der Waals surface area contributed by atoms with Gasteiger partial charge in [0, 0.05) is 49.0 Å². The highest BCUT2D eigenvalue weighted by Crippen LogP contribution is 2.42. The van der Waals surface area contributed by atoms with Crippen molar-refractivity contribution < 1.29 is 22.5 Å². The number of furan rings is 2. The fourth-order valence-corrected chi connectivity index (χ4v) is 6.96. The molecule has 0 bridgehead atoms. The Morgan fingerprint density at radius 2 is 1.16 bits per heavy atom. The zero-order chi connectivity index (χ0) is 42.2.